The molecule has 0 aliphatic heterocycles. The molecular weight excluding hydrogens is 450 g/mol. The van der Waals surface area contributed by atoms with E-state index in [9.17, 15) is 0 Å². The fourth-order valence-corrected chi connectivity index (χ4v) is 4.96. The Morgan fingerprint density at radius 1 is 0.765 bits per heavy atom. The van der Waals surface area contributed by atoms with Crippen LogP contribution in [-0.2, 0) is 0 Å². The molecule has 34 heavy (non-hydrogen) atoms. The number of benzene rings is 3. The van der Waals surface area contributed by atoms with Crippen LogP contribution in [0.4, 0.5) is 0 Å². The first-order chi connectivity index (χ1) is 16.7. The normalized spacial score (nSPS) is 10.9. The molecule has 5 aromatic rings. The molecule has 0 saturated carbocycles. The topological polar surface area (TPSA) is 67.6 Å². The van der Waals surface area contributed by atoms with Gasteiger partial charge in [-0.15, -0.1) is 11.3 Å². The highest BCUT2D eigenvalue weighted by Gasteiger charge is 2.20. The van der Waals surface area contributed by atoms with Crippen LogP contribution in [0.25, 0.3) is 37.7 Å². The van der Waals surface area contributed by atoms with Crippen LogP contribution in [0.5, 0.6) is 23.0 Å². The van der Waals surface area contributed by atoms with E-state index in [4.69, 9.17) is 23.9 Å². The fraction of sp³-hybridized carbons (Fsp3) is 0.154. The smallest absolute Gasteiger partial charge is 0.204 e. The van der Waals surface area contributed by atoms with Gasteiger partial charge in [0.05, 0.1) is 52.2 Å². The van der Waals surface area contributed by atoms with Gasteiger partial charge >= 0.3 is 0 Å². The molecule has 3 aromatic carbocycles. The predicted molar refractivity (Wildman–Crippen MR) is 134 cm³/mol. The average Bonchev–Trinajstić information content (AvgIpc) is 3.55. The first kappa shape index (κ1) is 21.8. The first-order valence-corrected chi connectivity index (χ1v) is 11.4. The van der Waals surface area contributed by atoms with Crippen molar-refractivity contribution >= 4 is 21.6 Å². The highest BCUT2D eigenvalue weighted by Crippen LogP contribution is 2.46. The molecule has 5 rings (SSSR count). The second-order valence-electron chi connectivity index (χ2n) is 7.44. The number of thiazole rings is 1. The molecule has 0 bridgehead atoms. The summed E-state index contributed by atoms with van der Waals surface area (Å²) >= 11 is 1.55. The van der Waals surface area contributed by atoms with Crippen molar-refractivity contribution in [3.8, 4) is 50.5 Å². The first-order valence-electron chi connectivity index (χ1n) is 10.5. The van der Waals surface area contributed by atoms with Gasteiger partial charge in [-0.05, 0) is 48.5 Å². The van der Waals surface area contributed by atoms with E-state index in [1.54, 1.807) is 39.8 Å². The Bertz CT molecular complexity index is 1440. The van der Waals surface area contributed by atoms with E-state index in [0.29, 0.717) is 17.2 Å². The number of methoxy groups -OCH3 is 4. The van der Waals surface area contributed by atoms with Gasteiger partial charge in [-0.3, -0.25) is 4.57 Å². The maximum Gasteiger partial charge on any atom is 0.204 e. The second-order valence-corrected chi connectivity index (χ2v) is 8.44. The van der Waals surface area contributed by atoms with Gasteiger partial charge in [0.15, 0.2) is 11.5 Å². The largest absolute Gasteiger partial charge is 0.497 e. The van der Waals surface area contributed by atoms with Crippen molar-refractivity contribution in [1.29, 1.82) is 0 Å². The maximum absolute atomic E-state index is 5.63. The molecule has 8 heteroatoms. The second kappa shape index (κ2) is 9.07. The molecular formula is C26H23N3O4S. The third-order valence-corrected chi connectivity index (χ3v) is 6.72. The zero-order chi connectivity index (χ0) is 23.7. The number of hydrogen-bond donors (Lipinski definition) is 0. The van der Waals surface area contributed by atoms with Crippen molar-refractivity contribution in [2.75, 3.05) is 28.4 Å². The summed E-state index contributed by atoms with van der Waals surface area (Å²) in [5.41, 5.74) is 4.88. The minimum absolute atomic E-state index is 0.564. The number of aromatic nitrogens is 3. The quantitative estimate of drug-likeness (QED) is 0.295. The van der Waals surface area contributed by atoms with Crippen molar-refractivity contribution in [3.63, 3.8) is 0 Å². The van der Waals surface area contributed by atoms with Crippen molar-refractivity contribution < 1.29 is 18.9 Å². The van der Waals surface area contributed by atoms with Crippen LogP contribution < -0.4 is 18.9 Å². The Labute approximate surface area is 201 Å². The Kier molecular flexibility index (Phi) is 5.81. The van der Waals surface area contributed by atoms with Crippen LogP contribution in [0.2, 0.25) is 0 Å². The van der Waals surface area contributed by atoms with Crippen molar-refractivity contribution in [2.45, 2.75) is 0 Å². The molecule has 0 spiro atoms. The summed E-state index contributed by atoms with van der Waals surface area (Å²) in [5.74, 6) is 2.60. The van der Waals surface area contributed by atoms with Gasteiger partial charge in [0.1, 0.15) is 15.5 Å². The molecule has 7 nitrogen and oxygen atoms in total. The summed E-state index contributed by atoms with van der Waals surface area (Å²) in [7, 11) is 6.49. The Morgan fingerprint density at radius 3 is 2.12 bits per heavy atom. The lowest BCUT2D eigenvalue weighted by Gasteiger charge is -2.11. The molecule has 0 fully saturated rings. The van der Waals surface area contributed by atoms with Gasteiger partial charge in [-0.1, -0.05) is 0 Å². The molecule has 0 aliphatic carbocycles. The molecule has 0 atom stereocenters. The van der Waals surface area contributed by atoms with E-state index in [-0.39, 0.29) is 0 Å². The fourth-order valence-electron chi connectivity index (χ4n) is 3.89. The van der Waals surface area contributed by atoms with Crippen LogP contribution >= 0.6 is 11.3 Å². The number of imidazole rings is 1. The van der Waals surface area contributed by atoms with Gasteiger partial charge in [-0.25, -0.2) is 9.97 Å². The monoisotopic (exact) mass is 473 g/mol. The zero-order valence-corrected chi connectivity index (χ0v) is 20.1. The molecule has 2 heterocycles. The highest BCUT2D eigenvalue weighted by atomic mass is 32.1. The summed E-state index contributed by atoms with van der Waals surface area (Å²) < 4.78 is 24.8. The summed E-state index contributed by atoms with van der Waals surface area (Å²) in [6.07, 6.45) is 3.67. The van der Waals surface area contributed by atoms with Crippen LogP contribution in [-0.4, -0.2) is 43.0 Å². The SMILES string of the molecule is COc1ccc(-c2cncn2-c2ccc(-c3nc4cc(OC)c(OC)c(OC)c4s3)cc2)cc1. The van der Waals surface area contributed by atoms with Crippen LogP contribution in [0.3, 0.4) is 0 Å². The van der Waals surface area contributed by atoms with E-state index in [0.717, 1.165) is 43.5 Å². The lowest BCUT2D eigenvalue weighted by atomic mass is 10.1. The molecule has 0 saturated heterocycles. The van der Waals surface area contributed by atoms with E-state index in [1.165, 1.54) is 0 Å². The number of fused-ring (bicyclic) bond motifs is 1. The minimum Gasteiger partial charge on any atom is -0.497 e. The van der Waals surface area contributed by atoms with E-state index in [2.05, 4.69) is 33.8 Å². The van der Waals surface area contributed by atoms with E-state index >= 15 is 0 Å². The Balaban J connectivity index is 1.50. The lowest BCUT2D eigenvalue weighted by Crippen LogP contribution is -1.95. The van der Waals surface area contributed by atoms with Crippen molar-refractivity contribution in [1.82, 2.24) is 14.5 Å². The summed E-state index contributed by atoms with van der Waals surface area (Å²) in [6.45, 7) is 0. The van der Waals surface area contributed by atoms with Crippen molar-refractivity contribution in [3.05, 3.63) is 67.1 Å². The third-order valence-electron chi connectivity index (χ3n) is 5.60. The van der Waals surface area contributed by atoms with Gasteiger partial charge in [0.2, 0.25) is 5.75 Å². The number of nitrogens with zero attached hydrogens (tertiary/aromatic N) is 3. The van der Waals surface area contributed by atoms with Crippen LogP contribution in [0.15, 0.2) is 67.1 Å². The summed E-state index contributed by atoms with van der Waals surface area (Å²) in [4.78, 5) is 9.18. The van der Waals surface area contributed by atoms with Crippen LogP contribution in [0, 0.1) is 0 Å². The Morgan fingerprint density at radius 2 is 1.47 bits per heavy atom. The zero-order valence-electron chi connectivity index (χ0n) is 19.2. The van der Waals surface area contributed by atoms with Crippen molar-refractivity contribution in [2.24, 2.45) is 0 Å². The van der Waals surface area contributed by atoms with E-state index in [1.807, 2.05) is 42.9 Å². The maximum atomic E-state index is 5.63. The highest BCUT2D eigenvalue weighted by molar-refractivity contribution is 7.22. The minimum atomic E-state index is 0.564. The number of ether oxygens (including phenoxy) is 4. The molecule has 0 radical (unpaired) electrons. The van der Waals surface area contributed by atoms with Gasteiger partial charge in [0, 0.05) is 22.9 Å². The van der Waals surface area contributed by atoms with Crippen LogP contribution in [0.1, 0.15) is 0 Å². The summed E-state index contributed by atoms with van der Waals surface area (Å²) in [5, 5.41) is 0.885. The molecule has 0 unspecified atom stereocenters. The number of rotatable bonds is 7. The molecule has 0 N–H and O–H groups in total. The molecule has 172 valence electrons. The molecule has 0 aliphatic rings. The third kappa shape index (κ3) is 3.72. The molecule has 0 amide bonds. The van der Waals surface area contributed by atoms with Gasteiger partial charge in [0.25, 0.3) is 0 Å². The van der Waals surface area contributed by atoms with E-state index < -0.39 is 0 Å². The summed E-state index contributed by atoms with van der Waals surface area (Å²) in [6, 6.07) is 18.1. The van der Waals surface area contributed by atoms with Gasteiger partial charge < -0.3 is 18.9 Å². The lowest BCUT2D eigenvalue weighted by molar-refractivity contribution is 0.327. The number of hydrogen-bond acceptors (Lipinski definition) is 7. The Hall–Kier alpha value is -4.04. The average molecular weight is 474 g/mol. The van der Waals surface area contributed by atoms with Gasteiger partial charge in [-0.2, -0.15) is 0 Å². The predicted octanol–water partition coefficient (Wildman–Crippen LogP) is 5.85. The molecule has 2 aromatic heterocycles. The standard InChI is InChI=1S/C26H23N3O4S/c1-30-19-11-7-16(8-12-19)21-14-27-15-29(21)18-9-5-17(6-10-18)26-28-20-13-22(31-2)23(32-3)24(33-4)25(20)34-26/h5-15H,1-4H3.